The van der Waals surface area contributed by atoms with Gasteiger partial charge in [0.05, 0.1) is 0 Å². The van der Waals surface area contributed by atoms with Crippen LogP contribution in [0.15, 0.2) is 23.6 Å². The van der Waals surface area contributed by atoms with E-state index in [-0.39, 0.29) is 11.7 Å². The number of allylic oxidation sites excluding steroid dienone is 4. The fourth-order valence-corrected chi connectivity index (χ4v) is 0.914. The summed E-state index contributed by atoms with van der Waals surface area (Å²) in [4.78, 5) is 0. The van der Waals surface area contributed by atoms with E-state index in [4.69, 9.17) is 0 Å². The normalized spacial score (nSPS) is 14.6. The first-order chi connectivity index (χ1) is 4.63. The number of hydrogen-bond acceptors (Lipinski definition) is 0. The van der Waals surface area contributed by atoms with Crippen molar-refractivity contribution in [1.82, 2.24) is 0 Å². The van der Waals surface area contributed by atoms with Crippen molar-refractivity contribution in [2.75, 3.05) is 0 Å². The zero-order valence-corrected chi connectivity index (χ0v) is 7.11. The van der Waals surface area contributed by atoms with Gasteiger partial charge in [0.25, 0.3) is 0 Å². The molecule has 0 aromatic rings. The molecule has 0 unspecified atom stereocenters. The highest BCUT2D eigenvalue weighted by Crippen LogP contribution is 2.19. The molecule has 0 saturated heterocycles. The summed E-state index contributed by atoms with van der Waals surface area (Å²) in [5.74, 6) is 0.179. The fourth-order valence-electron chi connectivity index (χ4n) is 0.914. The van der Waals surface area contributed by atoms with Crippen LogP contribution in [-0.2, 0) is 0 Å². The van der Waals surface area contributed by atoms with Crippen molar-refractivity contribution in [2.45, 2.75) is 27.7 Å². The van der Waals surface area contributed by atoms with Gasteiger partial charge in [0.2, 0.25) is 0 Å². The molecule has 0 atom stereocenters. The van der Waals surface area contributed by atoms with Crippen molar-refractivity contribution < 1.29 is 4.39 Å². The Balaban J connectivity index is 4.39. The Morgan fingerprint density at radius 1 is 1.20 bits per heavy atom. The van der Waals surface area contributed by atoms with E-state index in [0.717, 1.165) is 5.57 Å². The topological polar surface area (TPSA) is 0 Å². The van der Waals surface area contributed by atoms with E-state index in [1.54, 1.807) is 6.92 Å². The van der Waals surface area contributed by atoms with Crippen molar-refractivity contribution in [3.8, 4) is 0 Å². The van der Waals surface area contributed by atoms with Gasteiger partial charge in [0.1, 0.15) is 5.83 Å². The van der Waals surface area contributed by atoms with E-state index >= 15 is 0 Å². The Hall–Kier alpha value is -0.590. The van der Waals surface area contributed by atoms with Gasteiger partial charge in [-0.15, -0.1) is 0 Å². The first-order valence-corrected chi connectivity index (χ1v) is 3.61. The zero-order valence-electron chi connectivity index (χ0n) is 7.11. The lowest BCUT2D eigenvalue weighted by atomic mass is 10.0. The van der Waals surface area contributed by atoms with Crippen molar-refractivity contribution >= 4 is 0 Å². The summed E-state index contributed by atoms with van der Waals surface area (Å²) in [6.07, 6.45) is 3.31. The van der Waals surface area contributed by atoms with E-state index in [9.17, 15) is 4.39 Å². The van der Waals surface area contributed by atoms with E-state index < -0.39 is 0 Å². The summed E-state index contributed by atoms with van der Waals surface area (Å²) in [7, 11) is 0. The maximum atomic E-state index is 12.8. The summed E-state index contributed by atoms with van der Waals surface area (Å²) in [6, 6.07) is 0. The highest BCUT2D eigenvalue weighted by atomic mass is 19.1. The van der Waals surface area contributed by atoms with Gasteiger partial charge in [-0.2, -0.15) is 0 Å². The van der Waals surface area contributed by atoms with Gasteiger partial charge in [-0.05, 0) is 25.3 Å². The summed E-state index contributed by atoms with van der Waals surface area (Å²) in [5.41, 5.74) is 0.794. The largest absolute Gasteiger partial charge is 0.207 e. The van der Waals surface area contributed by atoms with Gasteiger partial charge >= 0.3 is 0 Å². The summed E-state index contributed by atoms with van der Waals surface area (Å²) < 4.78 is 12.8. The molecule has 0 radical (unpaired) electrons. The monoisotopic (exact) mass is 142 g/mol. The Morgan fingerprint density at radius 2 is 1.70 bits per heavy atom. The second kappa shape index (κ2) is 4.26. The molecular weight excluding hydrogens is 127 g/mol. The summed E-state index contributed by atoms with van der Waals surface area (Å²) >= 11 is 0. The highest BCUT2D eigenvalue weighted by Gasteiger charge is 2.05. The lowest BCUT2D eigenvalue weighted by Gasteiger charge is -2.06. The first kappa shape index (κ1) is 9.41. The molecular formula is C9H15F. The molecule has 0 amide bonds. The molecule has 0 heterocycles. The Bertz CT molecular complexity index is 152. The van der Waals surface area contributed by atoms with Crippen molar-refractivity contribution in [1.29, 1.82) is 0 Å². The van der Waals surface area contributed by atoms with Crippen molar-refractivity contribution in [2.24, 2.45) is 5.92 Å². The molecule has 0 fully saturated rings. The molecule has 0 N–H and O–H groups in total. The van der Waals surface area contributed by atoms with Gasteiger partial charge < -0.3 is 0 Å². The second-order valence-corrected chi connectivity index (χ2v) is 2.54. The van der Waals surface area contributed by atoms with Crippen LogP contribution in [0.1, 0.15) is 27.7 Å². The van der Waals surface area contributed by atoms with E-state index in [1.807, 2.05) is 26.8 Å². The smallest absolute Gasteiger partial charge is 0.122 e. The molecule has 10 heavy (non-hydrogen) atoms. The first-order valence-electron chi connectivity index (χ1n) is 3.61. The highest BCUT2D eigenvalue weighted by molar-refractivity contribution is 5.25. The zero-order chi connectivity index (χ0) is 8.15. The molecule has 1 heteroatoms. The van der Waals surface area contributed by atoms with E-state index in [2.05, 4.69) is 0 Å². The molecule has 0 rings (SSSR count). The van der Waals surface area contributed by atoms with Crippen LogP contribution in [0.5, 0.6) is 0 Å². The van der Waals surface area contributed by atoms with Gasteiger partial charge in [-0.3, -0.25) is 0 Å². The van der Waals surface area contributed by atoms with Crippen LogP contribution in [0.25, 0.3) is 0 Å². The van der Waals surface area contributed by atoms with Crippen LogP contribution in [0, 0.1) is 5.92 Å². The lowest BCUT2D eigenvalue weighted by Crippen LogP contribution is -1.93. The Kier molecular flexibility index (Phi) is 4.01. The minimum Gasteiger partial charge on any atom is -0.207 e. The fraction of sp³-hybridized carbons (Fsp3) is 0.556. The molecule has 0 aliphatic carbocycles. The lowest BCUT2D eigenvalue weighted by molar-refractivity contribution is 0.606. The van der Waals surface area contributed by atoms with Crippen LogP contribution in [-0.4, -0.2) is 0 Å². The van der Waals surface area contributed by atoms with E-state index in [1.165, 1.54) is 6.08 Å². The van der Waals surface area contributed by atoms with Crippen LogP contribution in [0.3, 0.4) is 0 Å². The molecule has 0 aliphatic rings. The minimum absolute atomic E-state index is 0.0995. The van der Waals surface area contributed by atoms with Crippen LogP contribution in [0.4, 0.5) is 4.39 Å². The SMILES string of the molecule is CC=C(F)C(=CC)C(C)C. The van der Waals surface area contributed by atoms with Crippen LogP contribution < -0.4 is 0 Å². The number of hydrogen-bond donors (Lipinski definition) is 0. The molecule has 0 aliphatic heterocycles. The molecule has 0 aromatic carbocycles. The Morgan fingerprint density at radius 3 is 1.80 bits per heavy atom. The predicted octanol–water partition coefficient (Wildman–Crippen LogP) is 3.46. The Labute approximate surface area is 62.4 Å². The molecule has 0 saturated carbocycles. The average molecular weight is 142 g/mol. The summed E-state index contributed by atoms with van der Waals surface area (Å²) in [6.45, 7) is 7.54. The van der Waals surface area contributed by atoms with Gasteiger partial charge in [-0.25, -0.2) is 4.39 Å². The van der Waals surface area contributed by atoms with Crippen molar-refractivity contribution in [3.63, 3.8) is 0 Å². The maximum absolute atomic E-state index is 12.8. The van der Waals surface area contributed by atoms with Crippen LogP contribution in [0.2, 0.25) is 0 Å². The van der Waals surface area contributed by atoms with Crippen molar-refractivity contribution in [3.05, 3.63) is 23.6 Å². The van der Waals surface area contributed by atoms with Crippen LogP contribution >= 0.6 is 0 Å². The number of halogens is 1. The average Bonchev–Trinajstić information content (AvgIpc) is 1.88. The molecule has 58 valence electrons. The third-order valence-electron chi connectivity index (χ3n) is 1.46. The molecule has 0 aromatic heterocycles. The third kappa shape index (κ3) is 2.34. The molecule has 0 spiro atoms. The quantitative estimate of drug-likeness (QED) is 0.518. The van der Waals surface area contributed by atoms with Gasteiger partial charge in [0.15, 0.2) is 0 Å². The maximum Gasteiger partial charge on any atom is 0.122 e. The van der Waals surface area contributed by atoms with E-state index in [0.29, 0.717) is 0 Å². The second-order valence-electron chi connectivity index (χ2n) is 2.54. The van der Waals surface area contributed by atoms with Gasteiger partial charge in [0, 0.05) is 0 Å². The van der Waals surface area contributed by atoms with Gasteiger partial charge in [-0.1, -0.05) is 26.0 Å². The minimum atomic E-state index is -0.0995. The number of rotatable bonds is 2. The predicted molar refractivity (Wildman–Crippen MR) is 43.5 cm³/mol. The molecule has 0 bridgehead atoms. The standard InChI is InChI=1S/C9H15F/c1-5-8(7(3)4)9(10)6-2/h5-7H,1-4H3. The summed E-state index contributed by atoms with van der Waals surface area (Å²) in [5, 5.41) is 0. The third-order valence-corrected chi connectivity index (χ3v) is 1.46. The molecule has 0 nitrogen and oxygen atoms in total.